The Morgan fingerprint density at radius 1 is 0.973 bits per heavy atom. The Morgan fingerprint density at radius 2 is 1.65 bits per heavy atom. The molecule has 0 saturated heterocycles. The van der Waals surface area contributed by atoms with Crippen molar-refractivity contribution in [2.24, 2.45) is 11.8 Å². The maximum atomic E-state index is 12.7. The Labute approximate surface area is 218 Å². The molecular formula is C31H36N2O4. The monoisotopic (exact) mass is 500 g/mol. The van der Waals surface area contributed by atoms with Gasteiger partial charge in [0.25, 0.3) is 0 Å². The fourth-order valence-electron chi connectivity index (χ4n) is 5.87. The van der Waals surface area contributed by atoms with Gasteiger partial charge in [0.15, 0.2) is 0 Å². The van der Waals surface area contributed by atoms with E-state index < -0.39 is 17.0 Å². The smallest absolute Gasteiger partial charge is 0.314 e. The standard InChI is InChI=1S/C31H36N2O4/c1-36-26-13-11-24(12-14-26)27-19-28(33(32-27)20-22-7-8-22)31(37-21-23-9-10-23)17-15-30(16-18-31,29(34)35)25-5-3-2-4-6-25/h2-6,11-14,19,22-23H,7-10,15-18,20-21H2,1H3,(H,34,35)/t30-,31-. The normalized spacial score (nSPS) is 25.6. The van der Waals surface area contributed by atoms with Gasteiger partial charge in [0, 0.05) is 12.1 Å². The molecule has 3 aromatic rings. The molecule has 0 amide bonds. The molecule has 0 unspecified atom stereocenters. The summed E-state index contributed by atoms with van der Waals surface area (Å²) in [7, 11) is 1.67. The highest BCUT2D eigenvalue weighted by atomic mass is 16.5. The number of hydrogen-bond donors (Lipinski definition) is 1. The highest BCUT2D eigenvalue weighted by molar-refractivity contribution is 5.81. The molecule has 2 aromatic carbocycles. The molecule has 1 N–H and O–H groups in total. The number of carboxylic acid groups (broad SMARTS) is 1. The topological polar surface area (TPSA) is 73.6 Å². The van der Waals surface area contributed by atoms with Crippen molar-refractivity contribution in [3.63, 3.8) is 0 Å². The summed E-state index contributed by atoms with van der Waals surface area (Å²) in [5, 5.41) is 15.5. The molecule has 1 aromatic heterocycles. The van der Waals surface area contributed by atoms with Gasteiger partial charge in [-0.05, 0) is 99.1 Å². The lowest BCUT2D eigenvalue weighted by atomic mass is 9.64. The van der Waals surface area contributed by atoms with E-state index in [-0.39, 0.29) is 0 Å². The zero-order chi connectivity index (χ0) is 25.5. The lowest BCUT2D eigenvalue weighted by Crippen LogP contribution is -2.46. The van der Waals surface area contributed by atoms with Crippen LogP contribution in [0.15, 0.2) is 60.7 Å². The molecule has 6 heteroatoms. The summed E-state index contributed by atoms with van der Waals surface area (Å²) in [6.45, 7) is 1.63. The molecular weight excluding hydrogens is 464 g/mol. The fourth-order valence-corrected chi connectivity index (χ4v) is 5.87. The van der Waals surface area contributed by atoms with Crippen LogP contribution in [0.3, 0.4) is 0 Å². The molecule has 3 aliphatic rings. The van der Waals surface area contributed by atoms with Gasteiger partial charge in [-0.15, -0.1) is 0 Å². The van der Waals surface area contributed by atoms with Crippen LogP contribution in [0.5, 0.6) is 5.75 Å². The van der Waals surface area contributed by atoms with Crippen LogP contribution >= 0.6 is 0 Å². The number of nitrogens with zero attached hydrogens (tertiary/aromatic N) is 2. The van der Waals surface area contributed by atoms with Crippen LogP contribution in [0.1, 0.15) is 62.6 Å². The second kappa shape index (κ2) is 9.64. The van der Waals surface area contributed by atoms with Crippen LogP contribution in [-0.4, -0.2) is 34.6 Å². The van der Waals surface area contributed by atoms with E-state index in [1.807, 2.05) is 42.5 Å². The van der Waals surface area contributed by atoms with Gasteiger partial charge in [0.05, 0.1) is 30.5 Å². The van der Waals surface area contributed by atoms with Gasteiger partial charge in [0.2, 0.25) is 0 Å². The average Bonchev–Trinajstić information content (AvgIpc) is 3.87. The van der Waals surface area contributed by atoms with Crippen molar-refractivity contribution in [3.8, 4) is 17.0 Å². The first kappa shape index (κ1) is 24.2. The number of aromatic nitrogens is 2. The third-order valence-electron chi connectivity index (χ3n) is 8.70. The summed E-state index contributed by atoms with van der Waals surface area (Å²) in [4.78, 5) is 12.7. The highest BCUT2D eigenvalue weighted by Gasteiger charge is 2.51. The lowest BCUT2D eigenvalue weighted by molar-refractivity contribution is -0.151. The molecule has 3 aliphatic carbocycles. The van der Waals surface area contributed by atoms with Gasteiger partial charge in [-0.25, -0.2) is 0 Å². The quantitative estimate of drug-likeness (QED) is 0.359. The van der Waals surface area contributed by atoms with Gasteiger partial charge in [0.1, 0.15) is 11.4 Å². The number of ether oxygens (including phenoxy) is 2. The maximum absolute atomic E-state index is 12.7. The number of methoxy groups -OCH3 is 1. The molecule has 0 aliphatic heterocycles. The van der Waals surface area contributed by atoms with E-state index >= 15 is 0 Å². The van der Waals surface area contributed by atoms with E-state index in [0.29, 0.717) is 37.5 Å². The van der Waals surface area contributed by atoms with Gasteiger partial charge < -0.3 is 14.6 Å². The lowest BCUT2D eigenvalue weighted by Gasteiger charge is -2.44. The Morgan fingerprint density at radius 3 is 2.24 bits per heavy atom. The molecule has 6 rings (SSSR count). The molecule has 0 radical (unpaired) electrons. The second-order valence-electron chi connectivity index (χ2n) is 11.3. The van der Waals surface area contributed by atoms with Crippen LogP contribution in [0.2, 0.25) is 0 Å². The van der Waals surface area contributed by atoms with Crippen molar-refractivity contribution >= 4 is 5.97 Å². The molecule has 6 nitrogen and oxygen atoms in total. The van der Waals surface area contributed by atoms with Crippen molar-refractivity contribution in [2.45, 2.75) is 68.9 Å². The first-order valence-electron chi connectivity index (χ1n) is 13.7. The minimum atomic E-state index is -0.881. The SMILES string of the molecule is COc1ccc(-c2cc([C@]3(OCC4CC4)CC[C@@](C(=O)O)(c4ccccc4)CC3)n(CC3CC3)n2)cc1. The Kier molecular flexibility index (Phi) is 6.31. The first-order valence-corrected chi connectivity index (χ1v) is 13.7. The van der Waals surface area contributed by atoms with Gasteiger partial charge in [-0.2, -0.15) is 5.10 Å². The van der Waals surface area contributed by atoms with Crippen molar-refractivity contribution in [3.05, 3.63) is 71.9 Å². The number of carboxylic acids is 1. The van der Waals surface area contributed by atoms with E-state index in [0.717, 1.165) is 41.4 Å². The zero-order valence-corrected chi connectivity index (χ0v) is 21.6. The number of hydrogen-bond acceptors (Lipinski definition) is 4. The predicted octanol–water partition coefficient (Wildman–Crippen LogP) is 6.19. The summed E-state index contributed by atoms with van der Waals surface area (Å²) in [6.07, 6.45) is 7.34. The number of aliphatic carboxylic acids is 1. The molecule has 0 spiro atoms. The minimum Gasteiger partial charge on any atom is -0.497 e. The van der Waals surface area contributed by atoms with Gasteiger partial charge >= 0.3 is 5.97 Å². The van der Waals surface area contributed by atoms with E-state index in [9.17, 15) is 9.90 Å². The van der Waals surface area contributed by atoms with E-state index in [1.165, 1.54) is 25.7 Å². The average molecular weight is 501 g/mol. The van der Waals surface area contributed by atoms with Crippen molar-refractivity contribution in [2.75, 3.05) is 13.7 Å². The fraction of sp³-hybridized carbons (Fsp3) is 0.484. The molecule has 3 fully saturated rings. The molecule has 194 valence electrons. The van der Waals surface area contributed by atoms with Crippen molar-refractivity contribution in [1.82, 2.24) is 9.78 Å². The Balaban J connectivity index is 1.37. The van der Waals surface area contributed by atoms with Crippen LogP contribution in [0, 0.1) is 11.8 Å². The Hall–Kier alpha value is -3.12. The van der Waals surface area contributed by atoms with Crippen molar-refractivity contribution in [1.29, 1.82) is 0 Å². The minimum absolute atomic E-state index is 0.525. The van der Waals surface area contributed by atoms with Gasteiger partial charge in [-0.3, -0.25) is 9.48 Å². The molecule has 0 bridgehead atoms. The third kappa shape index (κ3) is 4.79. The highest BCUT2D eigenvalue weighted by Crippen LogP contribution is 2.51. The van der Waals surface area contributed by atoms with E-state index in [4.69, 9.17) is 14.6 Å². The van der Waals surface area contributed by atoms with Crippen LogP contribution in [0.25, 0.3) is 11.3 Å². The second-order valence-corrected chi connectivity index (χ2v) is 11.3. The summed E-state index contributed by atoms with van der Waals surface area (Å²) >= 11 is 0. The number of carbonyl (C=O) groups is 1. The van der Waals surface area contributed by atoms with E-state index in [2.05, 4.69) is 22.9 Å². The maximum Gasteiger partial charge on any atom is 0.314 e. The third-order valence-corrected chi connectivity index (χ3v) is 8.70. The largest absolute Gasteiger partial charge is 0.497 e. The summed E-state index contributed by atoms with van der Waals surface area (Å²) in [5.74, 6) is 1.37. The van der Waals surface area contributed by atoms with E-state index in [1.54, 1.807) is 7.11 Å². The summed E-state index contributed by atoms with van der Waals surface area (Å²) in [5.41, 5.74) is 2.58. The molecule has 0 atom stereocenters. The van der Waals surface area contributed by atoms with Gasteiger partial charge in [-0.1, -0.05) is 30.3 Å². The predicted molar refractivity (Wildman–Crippen MR) is 142 cm³/mol. The summed E-state index contributed by atoms with van der Waals surface area (Å²) in [6, 6.07) is 20.0. The number of rotatable bonds is 10. The molecule has 37 heavy (non-hydrogen) atoms. The zero-order valence-electron chi connectivity index (χ0n) is 21.6. The molecule has 3 saturated carbocycles. The van der Waals surface area contributed by atoms with Crippen LogP contribution < -0.4 is 4.74 Å². The van der Waals surface area contributed by atoms with Crippen molar-refractivity contribution < 1.29 is 19.4 Å². The molecule has 1 heterocycles. The van der Waals surface area contributed by atoms with Crippen LogP contribution in [-0.2, 0) is 27.1 Å². The van der Waals surface area contributed by atoms with Crippen LogP contribution in [0.4, 0.5) is 0 Å². The Bertz CT molecular complexity index is 1230. The summed E-state index contributed by atoms with van der Waals surface area (Å²) < 4.78 is 14.4. The number of benzene rings is 2. The first-order chi connectivity index (χ1) is 18.0.